The van der Waals surface area contributed by atoms with Gasteiger partial charge < -0.3 is 13.9 Å². The molecule has 0 aliphatic carbocycles. The number of hydrogen-bond acceptors (Lipinski definition) is 7. The Morgan fingerprint density at radius 1 is 1.20 bits per heavy atom. The predicted octanol–water partition coefficient (Wildman–Crippen LogP) is 4.18. The molecule has 0 bridgehead atoms. The fourth-order valence-electron chi connectivity index (χ4n) is 3.44. The number of furan rings is 1. The average Bonchev–Trinajstić information content (AvgIpc) is 3.34. The summed E-state index contributed by atoms with van der Waals surface area (Å²) in [6.45, 7) is 3.93. The lowest BCUT2D eigenvalue weighted by molar-refractivity contribution is 0.0563. The number of nitrogens with zero attached hydrogens (tertiary/aromatic N) is 2. The van der Waals surface area contributed by atoms with Gasteiger partial charge in [0.25, 0.3) is 5.56 Å². The highest BCUT2D eigenvalue weighted by Crippen LogP contribution is 2.37. The normalized spacial score (nSPS) is 11.1. The third-order valence-electron chi connectivity index (χ3n) is 4.90. The van der Waals surface area contributed by atoms with Crippen molar-refractivity contribution >= 4 is 27.5 Å². The average molecular weight is 424 g/mol. The number of ether oxygens (including phenoxy) is 2. The topological polar surface area (TPSA) is 83.6 Å². The lowest BCUT2D eigenvalue weighted by Crippen LogP contribution is -2.24. The number of aryl methyl sites for hydroxylation is 2. The van der Waals surface area contributed by atoms with E-state index in [9.17, 15) is 9.59 Å². The van der Waals surface area contributed by atoms with Gasteiger partial charge in [0, 0.05) is 10.4 Å². The van der Waals surface area contributed by atoms with Crippen LogP contribution in [0.5, 0.6) is 5.75 Å². The van der Waals surface area contributed by atoms with E-state index in [1.807, 2.05) is 31.2 Å². The van der Waals surface area contributed by atoms with Gasteiger partial charge in [0.15, 0.2) is 0 Å². The van der Waals surface area contributed by atoms with Crippen molar-refractivity contribution < 1.29 is 18.7 Å². The van der Waals surface area contributed by atoms with E-state index in [1.54, 1.807) is 24.7 Å². The number of thiophene rings is 1. The van der Waals surface area contributed by atoms with Crippen molar-refractivity contribution in [3.8, 4) is 16.9 Å². The van der Waals surface area contributed by atoms with Crippen molar-refractivity contribution in [1.29, 1.82) is 0 Å². The Labute approximate surface area is 176 Å². The fourth-order valence-corrected chi connectivity index (χ4v) is 4.52. The Kier molecular flexibility index (Phi) is 5.17. The first-order valence-corrected chi connectivity index (χ1v) is 10.1. The number of esters is 1. The summed E-state index contributed by atoms with van der Waals surface area (Å²) in [7, 11) is 2.90. The highest BCUT2D eigenvalue weighted by Gasteiger charge is 2.20. The van der Waals surface area contributed by atoms with Gasteiger partial charge in [-0.3, -0.25) is 9.36 Å². The van der Waals surface area contributed by atoms with Crippen molar-refractivity contribution in [1.82, 2.24) is 9.55 Å². The van der Waals surface area contributed by atoms with Crippen LogP contribution >= 0.6 is 11.3 Å². The highest BCUT2D eigenvalue weighted by atomic mass is 32.1. The summed E-state index contributed by atoms with van der Waals surface area (Å²) in [5.74, 6) is 1.29. The second-order valence-electron chi connectivity index (χ2n) is 6.75. The maximum absolute atomic E-state index is 13.5. The van der Waals surface area contributed by atoms with Crippen LogP contribution in [-0.2, 0) is 11.3 Å². The van der Waals surface area contributed by atoms with Crippen LogP contribution in [0.2, 0.25) is 0 Å². The largest absolute Gasteiger partial charge is 0.497 e. The van der Waals surface area contributed by atoms with E-state index in [0.717, 1.165) is 21.8 Å². The number of hydrogen-bond donors (Lipinski definition) is 0. The van der Waals surface area contributed by atoms with E-state index >= 15 is 0 Å². The zero-order chi connectivity index (χ0) is 21.4. The Hall–Kier alpha value is -3.39. The summed E-state index contributed by atoms with van der Waals surface area (Å²) in [6.07, 6.45) is 0. The Morgan fingerprint density at radius 3 is 2.73 bits per heavy atom. The molecule has 0 aliphatic rings. The third kappa shape index (κ3) is 3.39. The molecule has 0 N–H and O–H groups in total. The highest BCUT2D eigenvalue weighted by molar-refractivity contribution is 7.19. The van der Waals surface area contributed by atoms with Gasteiger partial charge in [-0.05, 0) is 43.7 Å². The van der Waals surface area contributed by atoms with Crippen molar-refractivity contribution in [3.05, 3.63) is 69.0 Å². The first kappa shape index (κ1) is 19.9. The quantitative estimate of drug-likeness (QED) is 0.447. The van der Waals surface area contributed by atoms with E-state index in [1.165, 1.54) is 24.5 Å². The van der Waals surface area contributed by atoms with Crippen LogP contribution in [0, 0.1) is 13.8 Å². The predicted molar refractivity (Wildman–Crippen MR) is 114 cm³/mol. The van der Waals surface area contributed by atoms with Gasteiger partial charge in [-0.15, -0.1) is 11.3 Å². The van der Waals surface area contributed by atoms with Gasteiger partial charge in [-0.25, -0.2) is 9.78 Å². The molecule has 3 aromatic heterocycles. The molecule has 0 amide bonds. The lowest BCUT2D eigenvalue weighted by atomic mass is 10.0. The first-order chi connectivity index (χ1) is 14.4. The minimum atomic E-state index is -0.562. The van der Waals surface area contributed by atoms with Gasteiger partial charge in [0.05, 0.1) is 26.2 Å². The first-order valence-electron chi connectivity index (χ1n) is 9.25. The molecular weight excluding hydrogens is 404 g/mol. The van der Waals surface area contributed by atoms with Crippen LogP contribution in [0.4, 0.5) is 0 Å². The number of rotatable bonds is 5. The molecule has 0 aliphatic heterocycles. The van der Waals surface area contributed by atoms with Gasteiger partial charge in [0.2, 0.25) is 5.76 Å². The molecule has 0 saturated heterocycles. The molecule has 0 radical (unpaired) electrons. The number of methoxy groups -OCH3 is 2. The molecule has 30 heavy (non-hydrogen) atoms. The summed E-state index contributed by atoms with van der Waals surface area (Å²) < 4.78 is 17.1. The molecule has 7 nitrogen and oxygen atoms in total. The monoisotopic (exact) mass is 424 g/mol. The standard InChI is InChI=1S/C22H20N2O5S/c1-12-18(14-6-5-7-15(10-14)27-3)19-20(30-12)23-13(2)24(21(19)25)11-16-8-9-17(29-16)22(26)28-4/h5-10H,11H2,1-4H3. The SMILES string of the molecule is COC(=O)c1ccc(Cn2c(C)nc3sc(C)c(-c4cccc(OC)c4)c3c2=O)o1. The van der Waals surface area contributed by atoms with Gasteiger partial charge in [-0.2, -0.15) is 0 Å². The number of carbonyl (C=O) groups is 1. The van der Waals surface area contributed by atoms with Crippen molar-refractivity contribution in [2.45, 2.75) is 20.4 Å². The smallest absolute Gasteiger partial charge is 0.373 e. The zero-order valence-corrected chi connectivity index (χ0v) is 17.8. The number of fused-ring (bicyclic) bond motifs is 1. The molecular formula is C22H20N2O5S. The van der Waals surface area contributed by atoms with Gasteiger partial charge >= 0.3 is 5.97 Å². The fraction of sp³-hybridized carbons (Fsp3) is 0.227. The maximum atomic E-state index is 13.5. The second-order valence-corrected chi connectivity index (χ2v) is 7.96. The van der Waals surface area contributed by atoms with Crippen LogP contribution in [0.1, 0.15) is 27.0 Å². The lowest BCUT2D eigenvalue weighted by Gasteiger charge is -2.09. The summed E-state index contributed by atoms with van der Waals surface area (Å²) in [6, 6.07) is 10.8. The van der Waals surface area contributed by atoms with Gasteiger partial charge in [0.1, 0.15) is 22.2 Å². The number of carbonyl (C=O) groups excluding carboxylic acids is 1. The number of aromatic nitrogens is 2. The Morgan fingerprint density at radius 2 is 2.00 bits per heavy atom. The molecule has 1 aromatic carbocycles. The molecule has 8 heteroatoms. The molecule has 0 unspecified atom stereocenters. The zero-order valence-electron chi connectivity index (χ0n) is 17.0. The summed E-state index contributed by atoms with van der Waals surface area (Å²) in [4.78, 5) is 31.5. The van der Waals surface area contributed by atoms with Crippen LogP contribution < -0.4 is 10.3 Å². The van der Waals surface area contributed by atoms with Crippen LogP contribution in [0.25, 0.3) is 21.3 Å². The summed E-state index contributed by atoms with van der Waals surface area (Å²) in [5, 5.41) is 0.566. The van der Waals surface area contributed by atoms with E-state index in [-0.39, 0.29) is 17.9 Å². The molecule has 154 valence electrons. The number of benzene rings is 1. The summed E-state index contributed by atoms with van der Waals surface area (Å²) >= 11 is 1.49. The van der Waals surface area contributed by atoms with Gasteiger partial charge in [-0.1, -0.05) is 12.1 Å². The van der Waals surface area contributed by atoms with Crippen LogP contribution in [-0.4, -0.2) is 29.7 Å². The van der Waals surface area contributed by atoms with Crippen molar-refractivity contribution in [2.24, 2.45) is 0 Å². The van der Waals surface area contributed by atoms with Crippen molar-refractivity contribution in [2.75, 3.05) is 14.2 Å². The van der Waals surface area contributed by atoms with E-state index in [2.05, 4.69) is 9.72 Å². The van der Waals surface area contributed by atoms with Crippen molar-refractivity contribution in [3.63, 3.8) is 0 Å². The minimum absolute atomic E-state index is 0.0932. The van der Waals surface area contributed by atoms with E-state index in [4.69, 9.17) is 9.15 Å². The Balaban J connectivity index is 1.85. The minimum Gasteiger partial charge on any atom is -0.497 e. The Bertz CT molecular complexity index is 1320. The molecule has 0 atom stereocenters. The molecule has 0 fully saturated rings. The second kappa shape index (κ2) is 7.79. The summed E-state index contributed by atoms with van der Waals surface area (Å²) in [5.41, 5.74) is 1.60. The third-order valence-corrected chi connectivity index (χ3v) is 5.90. The van der Waals surface area contributed by atoms with Crippen LogP contribution in [0.3, 0.4) is 0 Å². The maximum Gasteiger partial charge on any atom is 0.373 e. The van der Waals surface area contributed by atoms with E-state index in [0.29, 0.717) is 21.8 Å². The molecule has 0 saturated carbocycles. The van der Waals surface area contributed by atoms with Crippen LogP contribution in [0.15, 0.2) is 45.6 Å². The molecule has 0 spiro atoms. The molecule has 4 aromatic rings. The van der Waals surface area contributed by atoms with E-state index < -0.39 is 5.97 Å². The molecule has 3 heterocycles. The molecule has 4 rings (SSSR count).